The standard InChI is InChI=1S/C28H40Si2/c1-10-16-30(25-14-12-11-13-15-25,28(6)20-22(3)23(4)24(28)5)27-18-21(2)17-26(19-27)29(7,8)9/h11-15,17-20H,10,16H2,1-9H3. The fourth-order valence-corrected chi connectivity index (χ4v) is 13.4. The summed E-state index contributed by atoms with van der Waals surface area (Å²) in [5, 5.41) is 4.92. The van der Waals surface area contributed by atoms with Crippen LogP contribution in [0.15, 0.2) is 71.3 Å². The first kappa shape index (κ1) is 23.0. The number of aryl methyl sites for hydroxylation is 1. The quantitative estimate of drug-likeness (QED) is 0.453. The summed E-state index contributed by atoms with van der Waals surface area (Å²) >= 11 is 0. The van der Waals surface area contributed by atoms with Crippen LogP contribution >= 0.6 is 0 Å². The van der Waals surface area contributed by atoms with E-state index in [0.717, 1.165) is 0 Å². The van der Waals surface area contributed by atoms with E-state index in [-0.39, 0.29) is 5.04 Å². The van der Waals surface area contributed by atoms with Crippen LogP contribution in [0.2, 0.25) is 30.7 Å². The van der Waals surface area contributed by atoms with Crippen LogP contribution in [0.5, 0.6) is 0 Å². The molecule has 2 atom stereocenters. The highest BCUT2D eigenvalue weighted by molar-refractivity contribution is 7.05. The highest BCUT2D eigenvalue weighted by Gasteiger charge is 2.54. The lowest BCUT2D eigenvalue weighted by Crippen LogP contribution is -2.66. The van der Waals surface area contributed by atoms with Crippen LogP contribution in [-0.4, -0.2) is 16.1 Å². The lowest BCUT2D eigenvalue weighted by atomic mass is 10.0. The monoisotopic (exact) mass is 432 g/mol. The summed E-state index contributed by atoms with van der Waals surface area (Å²) in [5.41, 5.74) is 5.98. The molecule has 30 heavy (non-hydrogen) atoms. The molecule has 2 aromatic carbocycles. The van der Waals surface area contributed by atoms with Gasteiger partial charge in [0.1, 0.15) is 8.07 Å². The first-order valence-electron chi connectivity index (χ1n) is 11.5. The van der Waals surface area contributed by atoms with E-state index in [0.29, 0.717) is 0 Å². The van der Waals surface area contributed by atoms with E-state index in [4.69, 9.17) is 0 Å². The Morgan fingerprint density at radius 3 is 1.90 bits per heavy atom. The van der Waals surface area contributed by atoms with Crippen molar-refractivity contribution in [1.82, 2.24) is 0 Å². The van der Waals surface area contributed by atoms with Gasteiger partial charge in [0.25, 0.3) is 0 Å². The van der Waals surface area contributed by atoms with Crippen molar-refractivity contribution in [3.05, 3.63) is 76.9 Å². The van der Waals surface area contributed by atoms with Gasteiger partial charge in [-0.2, -0.15) is 0 Å². The van der Waals surface area contributed by atoms with E-state index >= 15 is 0 Å². The van der Waals surface area contributed by atoms with Gasteiger partial charge < -0.3 is 0 Å². The third-order valence-electron chi connectivity index (χ3n) is 7.65. The molecule has 0 radical (unpaired) electrons. The molecule has 0 spiro atoms. The van der Waals surface area contributed by atoms with Gasteiger partial charge in [-0.05, 0) is 39.3 Å². The Bertz CT molecular complexity index is 991. The fourth-order valence-electron chi connectivity index (χ4n) is 5.65. The number of hydrogen-bond donors (Lipinski definition) is 0. The molecule has 0 fully saturated rings. The first-order chi connectivity index (χ1) is 14.0. The van der Waals surface area contributed by atoms with Crippen LogP contribution in [0.4, 0.5) is 0 Å². The van der Waals surface area contributed by atoms with Crippen molar-refractivity contribution in [2.75, 3.05) is 0 Å². The molecule has 1 aliphatic carbocycles. The predicted octanol–water partition coefficient (Wildman–Crippen LogP) is 6.57. The van der Waals surface area contributed by atoms with Gasteiger partial charge in [0.2, 0.25) is 0 Å². The SMILES string of the molecule is CCC[Si](c1ccccc1)(c1cc(C)cc([Si](C)(C)C)c1)C1(C)C=C(C)C(C)=C1C. The molecule has 0 saturated carbocycles. The Labute approximate surface area is 187 Å². The summed E-state index contributed by atoms with van der Waals surface area (Å²) in [7, 11) is -3.55. The summed E-state index contributed by atoms with van der Waals surface area (Å²) < 4.78 is 0. The Morgan fingerprint density at radius 1 is 0.800 bits per heavy atom. The summed E-state index contributed by atoms with van der Waals surface area (Å²) in [6, 6.07) is 20.4. The van der Waals surface area contributed by atoms with Crippen molar-refractivity contribution in [3.8, 4) is 0 Å². The molecule has 3 rings (SSSR count). The van der Waals surface area contributed by atoms with Gasteiger partial charge in [-0.3, -0.25) is 0 Å². The lowest BCUT2D eigenvalue weighted by molar-refractivity contribution is 0.840. The van der Waals surface area contributed by atoms with Crippen molar-refractivity contribution in [2.24, 2.45) is 0 Å². The molecule has 0 heterocycles. The Hall–Kier alpha value is -1.65. The van der Waals surface area contributed by atoms with Crippen molar-refractivity contribution in [2.45, 2.75) is 78.7 Å². The zero-order valence-electron chi connectivity index (χ0n) is 20.6. The summed E-state index contributed by atoms with van der Waals surface area (Å²) in [6.07, 6.45) is 3.84. The topological polar surface area (TPSA) is 0 Å². The summed E-state index contributed by atoms with van der Waals surface area (Å²) in [4.78, 5) is 0. The lowest BCUT2D eigenvalue weighted by Gasteiger charge is -2.47. The molecule has 0 saturated heterocycles. The van der Waals surface area contributed by atoms with Crippen molar-refractivity contribution >= 4 is 31.7 Å². The van der Waals surface area contributed by atoms with E-state index in [1.807, 2.05) is 0 Å². The van der Waals surface area contributed by atoms with Gasteiger partial charge in [-0.25, -0.2) is 0 Å². The molecule has 0 aromatic heterocycles. The molecular formula is C28H40Si2. The van der Waals surface area contributed by atoms with Gasteiger partial charge in [-0.1, -0.05) is 127 Å². The second-order valence-electron chi connectivity index (χ2n) is 10.6. The van der Waals surface area contributed by atoms with E-state index in [1.165, 1.54) is 29.2 Å². The van der Waals surface area contributed by atoms with Crippen LogP contribution in [0.25, 0.3) is 0 Å². The van der Waals surface area contributed by atoms with E-state index in [1.54, 1.807) is 21.1 Å². The van der Waals surface area contributed by atoms with Gasteiger partial charge in [-0.15, -0.1) is 0 Å². The largest absolute Gasteiger partial charge is 0.131 e. The van der Waals surface area contributed by atoms with Crippen molar-refractivity contribution < 1.29 is 0 Å². The Kier molecular flexibility index (Phi) is 6.24. The molecule has 2 unspecified atom stereocenters. The molecule has 0 bridgehead atoms. The molecule has 0 N–H and O–H groups in total. The molecule has 0 nitrogen and oxygen atoms in total. The smallest absolute Gasteiger partial charge is 0.0733 e. The van der Waals surface area contributed by atoms with Crippen LogP contribution in [0.1, 0.15) is 46.6 Å². The third-order valence-corrected chi connectivity index (χ3v) is 15.8. The Morgan fingerprint density at radius 2 is 1.40 bits per heavy atom. The minimum Gasteiger partial charge on any atom is -0.0733 e. The molecular weight excluding hydrogens is 392 g/mol. The molecule has 160 valence electrons. The number of hydrogen-bond acceptors (Lipinski definition) is 0. The normalized spacial score (nSPS) is 21.6. The van der Waals surface area contributed by atoms with Crippen LogP contribution in [-0.2, 0) is 0 Å². The molecule has 2 heteroatoms. The minimum absolute atomic E-state index is 0.100. The van der Waals surface area contributed by atoms with E-state index < -0.39 is 16.1 Å². The second kappa shape index (κ2) is 8.13. The number of benzene rings is 2. The zero-order valence-corrected chi connectivity index (χ0v) is 22.6. The average Bonchev–Trinajstić information content (AvgIpc) is 2.89. The van der Waals surface area contributed by atoms with Crippen molar-refractivity contribution in [3.63, 3.8) is 0 Å². The molecule has 2 aromatic rings. The van der Waals surface area contributed by atoms with Crippen LogP contribution in [0, 0.1) is 6.92 Å². The highest BCUT2D eigenvalue weighted by Crippen LogP contribution is 2.54. The fraction of sp³-hybridized carbons (Fsp3) is 0.429. The maximum absolute atomic E-state index is 2.63. The molecule has 1 aliphatic rings. The maximum Gasteiger partial charge on any atom is 0.131 e. The maximum atomic E-state index is 2.63. The van der Waals surface area contributed by atoms with E-state index in [9.17, 15) is 0 Å². The first-order valence-corrected chi connectivity index (χ1v) is 17.2. The summed E-state index contributed by atoms with van der Waals surface area (Å²) in [6.45, 7) is 21.7. The summed E-state index contributed by atoms with van der Waals surface area (Å²) in [5.74, 6) is 0. The van der Waals surface area contributed by atoms with Gasteiger partial charge in [0, 0.05) is 5.04 Å². The van der Waals surface area contributed by atoms with Crippen LogP contribution < -0.4 is 15.6 Å². The molecule has 0 amide bonds. The third kappa shape index (κ3) is 3.63. The van der Waals surface area contributed by atoms with E-state index in [2.05, 4.69) is 116 Å². The van der Waals surface area contributed by atoms with Gasteiger partial charge in [0.15, 0.2) is 0 Å². The van der Waals surface area contributed by atoms with Crippen LogP contribution in [0.3, 0.4) is 0 Å². The Balaban J connectivity index is 2.45. The van der Waals surface area contributed by atoms with Gasteiger partial charge in [0.05, 0.1) is 8.07 Å². The minimum atomic E-state index is -2.14. The average molecular weight is 433 g/mol. The van der Waals surface area contributed by atoms with Crippen molar-refractivity contribution in [1.29, 1.82) is 0 Å². The van der Waals surface area contributed by atoms with Gasteiger partial charge >= 0.3 is 0 Å². The number of rotatable bonds is 6. The second-order valence-corrected chi connectivity index (χ2v) is 20.2. The predicted molar refractivity (Wildman–Crippen MR) is 141 cm³/mol. The highest BCUT2D eigenvalue weighted by atomic mass is 28.3. The molecule has 0 aliphatic heterocycles. The number of allylic oxidation sites excluding steroid dienone is 4. The zero-order chi connectivity index (χ0) is 22.3.